The smallest absolute Gasteiger partial charge is 0.271 e. The minimum absolute atomic E-state index is 0.0891. The van der Waals surface area contributed by atoms with Gasteiger partial charge in [-0.1, -0.05) is 0 Å². The third-order valence-electron chi connectivity index (χ3n) is 5.36. The number of methoxy groups -OCH3 is 3. The summed E-state index contributed by atoms with van der Waals surface area (Å²) in [5.74, 6) is 0.324. The maximum absolute atomic E-state index is 12.8. The van der Waals surface area contributed by atoms with Crippen LogP contribution in [0.1, 0.15) is 29.2 Å². The molecule has 1 aliphatic rings. The van der Waals surface area contributed by atoms with Crippen LogP contribution in [0.15, 0.2) is 21.9 Å². The lowest BCUT2D eigenvalue weighted by molar-refractivity contribution is 0.324. The Kier molecular flexibility index (Phi) is 6.45. The van der Waals surface area contributed by atoms with Crippen LogP contribution in [0, 0.1) is 18.3 Å². The molecule has 1 N–H and O–H groups in total. The summed E-state index contributed by atoms with van der Waals surface area (Å²) in [5, 5.41) is 20.4. The Labute approximate surface area is 185 Å². The average molecular weight is 461 g/mol. The van der Waals surface area contributed by atoms with Gasteiger partial charge < -0.3 is 19.3 Å². The van der Waals surface area contributed by atoms with E-state index in [1.807, 2.05) is 6.07 Å². The van der Waals surface area contributed by atoms with Crippen molar-refractivity contribution < 1.29 is 27.7 Å². The predicted octanol–water partition coefficient (Wildman–Crippen LogP) is 1.87. The van der Waals surface area contributed by atoms with Crippen LogP contribution in [0.25, 0.3) is 0 Å². The molecule has 0 radical (unpaired) electrons. The van der Waals surface area contributed by atoms with Crippen LogP contribution in [-0.4, -0.2) is 57.1 Å². The number of benzene rings is 1. The molecule has 0 spiro atoms. The van der Waals surface area contributed by atoms with E-state index in [2.05, 4.69) is 4.99 Å². The minimum Gasteiger partial charge on any atom is -0.494 e. The first kappa shape index (κ1) is 23.1. The molecular formula is C21H23N3O7S. The van der Waals surface area contributed by atoms with Gasteiger partial charge >= 0.3 is 0 Å². The molecule has 1 aliphatic heterocycles. The number of sulfone groups is 1. The fourth-order valence-electron chi connectivity index (χ4n) is 3.69. The summed E-state index contributed by atoms with van der Waals surface area (Å²) in [6, 6.07) is 4.28. The number of aliphatic imine (C=N–C) groups is 1. The van der Waals surface area contributed by atoms with E-state index in [0.29, 0.717) is 22.9 Å². The number of nitriles is 1. The van der Waals surface area contributed by atoms with Gasteiger partial charge in [-0.3, -0.25) is 14.4 Å². The third-order valence-corrected chi connectivity index (χ3v) is 7.11. The highest BCUT2D eigenvalue weighted by Crippen LogP contribution is 2.41. The first-order chi connectivity index (χ1) is 15.2. The molecule has 32 heavy (non-hydrogen) atoms. The number of hydrogen-bond donors (Lipinski definition) is 1. The van der Waals surface area contributed by atoms with Gasteiger partial charge in [0.1, 0.15) is 11.6 Å². The van der Waals surface area contributed by atoms with Crippen molar-refractivity contribution in [2.24, 2.45) is 4.99 Å². The molecule has 2 aromatic rings. The summed E-state index contributed by atoms with van der Waals surface area (Å²) in [5.41, 5.74) is -0.131. The lowest BCUT2D eigenvalue weighted by Crippen LogP contribution is -2.29. The molecule has 1 atom stereocenters. The van der Waals surface area contributed by atoms with Crippen molar-refractivity contribution in [3.05, 3.63) is 39.2 Å². The van der Waals surface area contributed by atoms with Crippen LogP contribution >= 0.6 is 0 Å². The van der Waals surface area contributed by atoms with Gasteiger partial charge in [0.25, 0.3) is 5.56 Å². The Morgan fingerprint density at radius 3 is 2.31 bits per heavy atom. The normalized spacial score (nSPS) is 17.3. The van der Waals surface area contributed by atoms with Crippen molar-refractivity contribution in [2.75, 3.05) is 32.8 Å². The Morgan fingerprint density at radius 2 is 1.84 bits per heavy atom. The number of aromatic nitrogens is 1. The van der Waals surface area contributed by atoms with Crippen LogP contribution in [0.3, 0.4) is 0 Å². The molecule has 0 bridgehead atoms. The molecule has 0 aliphatic carbocycles. The second kappa shape index (κ2) is 8.92. The maximum atomic E-state index is 12.8. The average Bonchev–Trinajstić information content (AvgIpc) is 3.12. The van der Waals surface area contributed by atoms with Gasteiger partial charge in [-0.15, -0.1) is 0 Å². The molecule has 1 aromatic carbocycles. The van der Waals surface area contributed by atoms with Crippen molar-refractivity contribution in [1.29, 1.82) is 5.26 Å². The number of hydrogen-bond acceptors (Lipinski definition) is 9. The summed E-state index contributed by atoms with van der Waals surface area (Å²) in [6.45, 7) is 1.52. The molecule has 2 heterocycles. The van der Waals surface area contributed by atoms with E-state index < -0.39 is 27.3 Å². The zero-order chi connectivity index (χ0) is 23.6. The number of pyridine rings is 1. The van der Waals surface area contributed by atoms with Crippen LogP contribution in [-0.2, 0) is 9.84 Å². The Bertz CT molecular complexity index is 1260. The molecular weight excluding hydrogens is 438 g/mol. The van der Waals surface area contributed by atoms with E-state index in [-0.39, 0.29) is 34.6 Å². The van der Waals surface area contributed by atoms with Gasteiger partial charge in [-0.05, 0) is 18.9 Å². The Hall–Kier alpha value is -3.52. The number of ether oxygens (including phenoxy) is 3. The molecule has 1 aromatic heterocycles. The van der Waals surface area contributed by atoms with Crippen LogP contribution in [0.4, 0.5) is 5.69 Å². The molecule has 1 saturated heterocycles. The molecule has 1 unspecified atom stereocenters. The molecule has 1 fully saturated rings. The number of rotatable bonds is 6. The van der Waals surface area contributed by atoms with E-state index >= 15 is 0 Å². The van der Waals surface area contributed by atoms with Crippen molar-refractivity contribution in [2.45, 2.75) is 19.4 Å². The van der Waals surface area contributed by atoms with Gasteiger partial charge in [0.2, 0.25) is 11.6 Å². The van der Waals surface area contributed by atoms with Crippen LogP contribution in [0.5, 0.6) is 23.1 Å². The molecule has 170 valence electrons. The van der Waals surface area contributed by atoms with Crippen molar-refractivity contribution in [3.8, 4) is 29.2 Å². The van der Waals surface area contributed by atoms with Crippen molar-refractivity contribution in [1.82, 2.24) is 4.57 Å². The highest BCUT2D eigenvalue weighted by atomic mass is 32.2. The standard InChI is InChI=1S/C21H23N3O7S/c1-12-15(9-22)20(25)24(14-5-6-32(27,28)11-14)21(26)16(12)10-23-13-7-17(29-2)19(31-4)18(8-13)30-3/h7-8,10,14,26H,5-6,11H2,1-4H3. The lowest BCUT2D eigenvalue weighted by atomic mass is 10.0. The van der Waals surface area contributed by atoms with Gasteiger partial charge in [-0.2, -0.15) is 5.26 Å². The summed E-state index contributed by atoms with van der Waals surface area (Å²) in [7, 11) is 1.08. The topological polar surface area (TPSA) is 140 Å². The summed E-state index contributed by atoms with van der Waals surface area (Å²) >= 11 is 0. The van der Waals surface area contributed by atoms with E-state index in [9.17, 15) is 23.6 Å². The van der Waals surface area contributed by atoms with Gasteiger partial charge in [0, 0.05) is 18.3 Å². The summed E-state index contributed by atoms with van der Waals surface area (Å²) in [4.78, 5) is 17.1. The third kappa shape index (κ3) is 4.13. The highest BCUT2D eigenvalue weighted by molar-refractivity contribution is 7.91. The quantitative estimate of drug-likeness (QED) is 0.643. The minimum atomic E-state index is -3.32. The second-order valence-electron chi connectivity index (χ2n) is 7.22. The summed E-state index contributed by atoms with van der Waals surface area (Å²) < 4.78 is 40.7. The molecule has 0 amide bonds. The number of nitrogens with zero attached hydrogens (tertiary/aromatic N) is 3. The van der Waals surface area contributed by atoms with Gasteiger partial charge in [0.05, 0.1) is 50.1 Å². The molecule has 10 nitrogen and oxygen atoms in total. The van der Waals surface area contributed by atoms with Crippen LogP contribution in [0.2, 0.25) is 0 Å². The predicted molar refractivity (Wildman–Crippen MR) is 117 cm³/mol. The van der Waals surface area contributed by atoms with E-state index in [1.165, 1.54) is 34.5 Å². The lowest BCUT2D eigenvalue weighted by Gasteiger charge is -2.18. The van der Waals surface area contributed by atoms with Crippen LogP contribution < -0.4 is 19.8 Å². The van der Waals surface area contributed by atoms with Gasteiger partial charge in [0.15, 0.2) is 21.3 Å². The Balaban J connectivity index is 2.15. The fourth-order valence-corrected chi connectivity index (χ4v) is 5.39. The number of aromatic hydroxyl groups is 1. The maximum Gasteiger partial charge on any atom is 0.271 e. The zero-order valence-corrected chi connectivity index (χ0v) is 18.9. The fraction of sp³-hybridized carbons (Fsp3) is 0.381. The molecule has 3 rings (SSSR count). The Morgan fingerprint density at radius 1 is 1.22 bits per heavy atom. The first-order valence-electron chi connectivity index (χ1n) is 9.60. The SMILES string of the molecule is COc1cc(N=Cc2c(C)c(C#N)c(=O)n(C3CCS(=O)(=O)C3)c2O)cc(OC)c1OC. The largest absolute Gasteiger partial charge is 0.494 e. The van der Waals surface area contributed by atoms with E-state index in [1.54, 1.807) is 12.1 Å². The highest BCUT2D eigenvalue weighted by Gasteiger charge is 2.33. The summed E-state index contributed by atoms with van der Waals surface area (Å²) in [6.07, 6.45) is 1.48. The monoisotopic (exact) mass is 461 g/mol. The first-order valence-corrected chi connectivity index (χ1v) is 11.4. The molecule has 11 heteroatoms. The van der Waals surface area contributed by atoms with Crippen molar-refractivity contribution in [3.63, 3.8) is 0 Å². The van der Waals surface area contributed by atoms with Gasteiger partial charge in [-0.25, -0.2) is 8.42 Å². The van der Waals surface area contributed by atoms with E-state index in [0.717, 1.165) is 4.57 Å². The van der Waals surface area contributed by atoms with Crippen molar-refractivity contribution >= 4 is 21.7 Å². The second-order valence-corrected chi connectivity index (χ2v) is 9.45. The molecule has 0 saturated carbocycles. The zero-order valence-electron chi connectivity index (χ0n) is 18.1. The van der Waals surface area contributed by atoms with E-state index in [4.69, 9.17) is 14.2 Å².